The minimum Gasteiger partial charge on any atom is -0.469 e. The number of carbonyl (C=O) groups excluding carboxylic acids is 1. The van der Waals surface area contributed by atoms with E-state index in [4.69, 9.17) is 5.73 Å². The second-order valence-electron chi connectivity index (χ2n) is 4.24. The van der Waals surface area contributed by atoms with Crippen molar-refractivity contribution in [3.63, 3.8) is 0 Å². The van der Waals surface area contributed by atoms with Crippen LogP contribution in [0.5, 0.6) is 0 Å². The molecule has 1 heterocycles. The van der Waals surface area contributed by atoms with Gasteiger partial charge in [0.2, 0.25) is 0 Å². The van der Waals surface area contributed by atoms with Gasteiger partial charge in [-0.2, -0.15) is 13.2 Å². The molecule has 0 aromatic carbocycles. The monoisotopic (exact) mass is 254 g/mol. The summed E-state index contributed by atoms with van der Waals surface area (Å²) in [6.07, 6.45) is -3.74. The highest BCUT2D eigenvalue weighted by Crippen LogP contribution is 2.28. The van der Waals surface area contributed by atoms with Gasteiger partial charge in [-0.3, -0.25) is 4.79 Å². The van der Waals surface area contributed by atoms with Crippen LogP contribution in [0.25, 0.3) is 0 Å². The molecule has 2 unspecified atom stereocenters. The van der Waals surface area contributed by atoms with E-state index in [0.717, 1.165) is 0 Å². The third kappa shape index (κ3) is 3.85. The van der Waals surface area contributed by atoms with E-state index in [1.807, 2.05) is 0 Å². The smallest absolute Gasteiger partial charge is 0.394 e. The maximum absolute atomic E-state index is 12.5. The second-order valence-corrected chi connectivity index (χ2v) is 4.24. The molecular formula is C10H17F3N2O2. The molecule has 2 N–H and O–H groups in total. The highest BCUT2D eigenvalue weighted by atomic mass is 19.4. The molecule has 1 rings (SSSR count). The lowest BCUT2D eigenvalue weighted by Crippen LogP contribution is -2.40. The molecule has 0 aliphatic carbocycles. The standard InChI is InChI=1S/C10H17F3N2O2/c1-17-9(16)7-2-3-15(5-7)6-8(4-14)10(11,12)13/h7-8H,2-6,14H2,1H3. The van der Waals surface area contributed by atoms with Crippen molar-refractivity contribution in [2.45, 2.75) is 12.6 Å². The summed E-state index contributed by atoms with van der Waals surface area (Å²) in [5.74, 6) is -2.20. The zero-order valence-electron chi connectivity index (χ0n) is 9.67. The molecule has 1 fully saturated rings. The fourth-order valence-electron chi connectivity index (χ4n) is 1.98. The molecule has 0 aromatic rings. The Bertz CT molecular complexity index is 271. The fourth-order valence-corrected chi connectivity index (χ4v) is 1.98. The Kier molecular flexibility index (Phi) is 4.76. The first-order chi connectivity index (χ1) is 7.88. The molecule has 7 heteroatoms. The Hall–Kier alpha value is -0.820. The minimum absolute atomic E-state index is 0.145. The van der Waals surface area contributed by atoms with Gasteiger partial charge in [0.1, 0.15) is 0 Å². The highest BCUT2D eigenvalue weighted by molar-refractivity contribution is 5.72. The SMILES string of the molecule is COC(=O)C1CCN(CC(CN)C(F)(F)F)C1. The molecule has 0 bridgehead atoms. The number of nitrogens with two attached hydrogens (primary N) is 1. The van der Waals surface area contributed by atoms with Crippen molar-refractivity contribution in [3.05, 3.63) is 0 Å². The number of alkyl halides is 3. The number of rotatable bonds is 4. The maximum atomic E-state index is 12.5. The molecule has 0 aromatic heterocycles. The molecule has 0 amide bonds. The fraction of sp³-hybridized carbons (Fsp3) is 0.900. The number of halogens is 3. The largest absolute Gasteiger partial charge is 0.469 e. The van der Waals surface area contributed by atoms with Crippen LogP contribution >= 0.6 is 0 Å². The minimum atomic E-state index is -4.28. The van der Waals surface area contributed by atoms with Crippen LogP contribution in [-0.4, -0.2) is 50.3 Å². The average molecular weight is 254 g/mol. The van der Waals surface area contributed by atoms with Gasteiger partial charge in [0.15, 0.2) is 0 Å². The summed E-state index contributed by atoms with van der Waals surface area (Å²) in [6, 6.07) is 0. The van der Waals surface area contributed by atoms with Gasteiger partial charge in [0, 0.05) is 19.6 Å². The lowest BCUT2D eigenvalue weighted by Gasteiger charge is -2.24. The summed E-state index contributed by atoms with van der Waals surface area (Å²) in [5, 5.41) is 0. The Morgan fingerprint density at radius 2 is 2.24 bits per heavy atom. The van der Waals surface area contributed by atoms with Crippen molar-refractivity contribution >= 4 is 5.97 Å². The highest BCUT2D eigenvalue weighted by Gasteiger charge is 2.41. The Balaban J connectivity index is 2.46. The number of hydrogen-bond donors (Lipinski definition) is 1. The molecule has 4 nitrogen and oxygen atoms in total. The lowest BCUT2D eigenvalue weighted by atomic mass is 10.1. The van der Waals surface area contributed by atoms with Crippen molar-refractivity contribution in [2.24, 2.45) is 17.6 Å². The van der Waals surface area contributed by atoms with Crippen molar-refractivity contribution in [2.75, 3.05) is 33.3 Å². The average Bonchev–Trinajstić information content (AvgIpc) is 2.71. The number of esters is 1. The predicted molar refractivity (Wildman–Crippen MR) is 55.2 cm³/mol. The van der Waals surface area contributed by atoms with Crippen molar-refractivity contribution in [3.8, 4) is 0 Å². The van der Waals surface area contributed by atoms with Crippen LogP contribution in [0.1, 0.15) is 6.42 Å². The zero-order chi connectivity index (χ0) is 13.1. The summed E-state index contributed by atoms with van der Waals surface area (Å²) in [6.45, 7) is 0.224. The number of likely N-dealkylation sites (tertiary alicyclic amines) is 1. The summed E-state index contributed by atoms with van der Waals surface area (Å²) in [5.41, 5.74) is 5.12. The normalized spacial score (nSPS) is 23.7. The van der Waals surface area contributed by atoms with Crippen LogP contribution in [0, 0.1) is 11.8 Å². The molecule has 0 radical (unpaired) electrons. The van der Waals surface area contributed by atoms with Crippen molar-refractivity contribution < 1.29 is 22.7 Å². The Morgan fingerprint density at radius 3 is 2.71 bits per heavy atom. The van der Waals surface area contributed by atoms with E-state index in [1.54, 1.807) is 4.90 Å². The van der Waals surface area contributed by atoms with Gasteiger partial charge in [-0.15, -0.1) is 0 Å². The molecule has 17 heavy (non-hydrogen) atoms. The molecule has 0 saturated carbocycles. The number of nitrogens with zero attached hydrogens (tertiary/aromatic N) is 1. The van der Waals surface area contributed by atoms with E-state index in [2.05, 4.69) is 4.74 Å². The zero-order valence-corrected chi connectivity index (χ0v) is 9.67. The molecule has 0 spiro atoms. The van der Waals surface area contributed by atoms with E-state index < -0.39 is 18.6 Å². The van der Waals surface area contributed by atoms with Crippen LogP contribution in [0.2, 0.25) is 0 Å². The van der Waals surface area contributed by atoms with E-state index in [9.17, 15) is 18.0 Å². The first kappa shape index (κ1) is 14.2. The molecule has 1 aliphatic heterocycles. The third-order valence-electron chi connectivity index (χ3n) is 3.03. The lowest BCUT2D eigenvalue weighted by molar-refractivity contribution is -0.175. The van der Waals surface area contributed by atoms with Crippen LogP contribution in [0.4, 0.5) is 13.2 Å². The summed E-state index contributed by atoms with van der Waals surface area (Å²) in [7, 11) is 1.28. The van der Waals surface area contributed by atoms with Gasteiger partial charge in [-0.05, 0) is 13.0 Å². The number of carbonyl (C=O) groups is 1. The Morgan fingerprint density at radius 1 is 1.59 bits per heavy atom. The van der Waals surface area contributed by atoms with Crippen molar-refractivity contribution in [1.82, 2.24) is 4.90 Å². The van der Waals surface area contributed by atoms with Gasteiger partial charge in [0.25, 0.3) is 0 Å². The van der Waals surface area contributed by atoms with Crippen LogP contribution < -0.4 is 5.73 Å². The van der Waals surface area contributed by atoms with Crippen LogP contribution in [0.3, 0.4) is 0 Å². The van der Waals surface area contributed by atoms with Crippen molar-refractivity contribution in [1.29, 1.82) is 0 Å². The number of methoxy groups -OCH3 is 1. The third-order valence-corrected chi connectivity index (χ3v) is 3.03. The van der Waals surface area contributed by atoms with Gasteiger partial charge in [-0.25, -0.2) is 0 Å². The van der Waals surface area contributed by atoms with E-state index in [0.29, 0.717) is 19.5 Å². The van der Waals surface area contributed by atoms with E-state index >= 15 is 0 Å². The van der Waals surface area contributed by atoms with Crippen LogP contribution in [-0.2, 0) is 9.53 Å². The molecule has 100 valence electrons. The topological polar surface area (TPSA) is 55.6 Å². The molecule has 1 saturated heterocycles. The van der Waals surface area contributed by atoms with Gasteiger partial charge >= 0.3 is 12.1 Å². The summed E-state index contributed by atoms with van der Waals surface area (Å²) >= 11 is 0. The second kappa shape index (κ2) is 5.68. The van der Waals surface area contributed by atoms with E-state index in [-0.39, 0.29) is 18.4 Å². The molecule has 2 atom stereocenters. The van der Waals surface area contributed by atoms with Gasteiger partial charge in [0.05, 0.1) is 18.9 Å². The first-order valence-corrected chi connectivity index (χ1v) is 5.45. The summed E-state index contributed by atoms with van der Waals surface area (Å²) in [4.78, 5) is 12.8. The van der Waals surface area contributed by atoms with E-state index in [1.165, 1.54) is 7.11 Å². The number of ether oxygens (including phenoxy) is 1. The quantitative estimate of drug-likeness (QED) is 0.747. The maximum Gasteiger partial charge on any atom is 0.394 e. The van der Waals surface area contributed by atoms with Crippen LogP contribution in [0.15, 0.2) is 0 Å². The molecular weight excluding hydrogens is 237 g/mol. The first-order valence-electron chi connectivity index (χ1n) is 5.45. The van der Waals surface area contributed by atoms with Gasteiger partial charge < -0.3 is 15.4 Å². The molecule has 1 aliphatic rings. The summed E-state index contributed by atoms with van der Waals surface area (Å²) < 4.78 is 42.1. The van der Waals surface area contributed by atoms with Gasteiger partial charge in [-0.1, -0.05) is 0 Å². The number of hydrogen-bond acceptors (Lipinski definition) is 4. The predicted octanol–water partition coefficient (Wildman–Crippen LogP) is 0.618. The Labute approximate surface area is 97.9 Å².